The van der Waals surface area contributed by atoms with Gasteiger partial charge in [0.1, 0.15) is 4.90 Å². The van der Waals surface area contributed by atoms with Crippen LogP contribution in [0.4, 0.5) is 11.4 Å². The van der Waals surface area contributed by atoms with Crippen LogP contribution in [-0.4, -0.2) is 25.4 Å². The first-order valence-corrected chi connectivity index (χ1v) is 7.82. The van der Waals surface area contributed by atoms with E-state index in [1.54, 1.807) is 6.92 Å². The zero-order chi connectivity index (χ0) is 15.0. The topological polar surface area (TPSA) is 101 Å². The zero-order valence-electron chi connectivity index (χ0n) is 11.3. The van der Waals surface area contributed by atoms with Gasteiger partial charge in [-0.3, -0.25) is 10.1 Å². The van der Waals surface area contributed by atoms with Gasteiger partial charge in [0, 0.05) is 24.2 Å². The smallest absolute Gasteiger partial charge is 0.271 e. The van der Waals surface area contributed by atoms with E-state index >= 15 is 0 Å². The molecule has 1 aliphatic carbocycles. The van der Waals surface area contributed by atoms with E-state index in [1.165, 1.54) is 18.2 Å². The highest BCUT2D eigenvalue weighted by atomic mass is 32.2. The van der Waals surface area contributed by atoms with Crippen LogP contribution in [0.5, 0.6) is 0 Å². The molecule has 0 aromatic heterocycles. The van der Waals surface area contributed by atoms with Crippen molar-refractivity contribution >= 4 is 21.4 Å². The Hall–Kier alpha value is -1.67. The fourth-order valence-corrected chi connectivity index (χ4v) is 3.49. The molecule has 0 unspecified atom stereocenters. The minimum absolute atomic E-state index is 0.0399. The Bertz CT molecular complexity index is 638. The highest BCUT2D eigenvalue weighted by Crippen LogP contribution is 2.37. The zero-order valence-corrected chi connectivity index (χ0v) is 12.2. The van der Waals surface area contributed by atoms with Gasteiger partial charge in [0.15, 0.2) is 0 Å². The van der Waals surface area contributed by atoms with Crippen molar-refractivity contribution in [3.8, 4) is 0 Å². The molecule has 0 saturated heterocycles. The Kier molecular flexibility index (Phi) is 3.70. The van der Waals surface area contributed by atoms with Gasteiger partial charge >= 0.3 is 0 Å². The Labute approximate surface area is 117 Å². The summed E-state index contributed by atoms with van der Waals surface area (Å²) in [6.07, 6.45) is 1.60. The maximum atomic E-state index is 12.3. The van der Waals surface area contributed by atoms with Gasteiger partial charge in [0.05, 0.1) is 10.6 Å². The van der Waals surface area contributed by atoms with Gasteiger partial charge in [-0.05, 0) is 32.8 Å². The summed E-state index contributed by atoms with van der Waals surface area (Å²) in [6, 6.07) is 3.71. The molecule has 1 aliphatic rings. The lowest BCUT2D eigenvalue weighted by molar-refractivity contribution is -0.384. The number of nitro groups is 1. The summed E-state index contributed by atoms with van der Waals surface area (Å²) in [7, 11) is -3.69. The molecule has 0 radical (unpaired) electrons. The van der Waals surface area contributed by atoms with Crippen LogP contribution in [0.15, 0.2) is 23.1 Å². The van der Waals surface area contributed by atoms with E-state index in [2.05, 4.69) is 10.0 Å². The number of sulfonamides is 1. The molecule has 1 saturated carbocycles. The average Bonchev–Trinajstić information content (AvgIpc) is 3.05. The molecule has 0 spiro atoms. The Morgan fingerprint density at radius 1 is 1.40 bits per heavy atom. The monoisotopic (exact) mass is 299 g/mol. The van der Waals surface area contributed by atoms with Crippen LogP contribution in [0.25, 0.3) is 0 Å². The number of hydrogen-bond donors (Lipinski definition) is 2. The number of anilines is 1. The number of benzene rings is 1. The minimum atomic E-state index is -3.69. The van der Waals surface area contributed by atoms with Crippen molar-refractivity contribution < 1.29 is 13.3 Å². The van der Waals surface area contributed by atoms with Gasteiger partial charge in [-0.15, -0.1) is 0 Å². The molecule has 0 atom stereocenters. The van der Waals surface area contributed by atoms with E-state index < -0.39 is 14.9 Å². The van der Waals surface area contributed by atoms with Gasteiger partial charge in [-0.2, -0.15) is 0 Å². The third-order valence-corrected chi connectivity index (χ3v) is 4.91. The summed E-state index contributed by atoms with van der Waals surface area (Å²) in [5.74, 6) is 0. The van der Waals surface area contributed by atoms with E-state index in [4.69, 9.17) is 0 Å². The number of nitrogens with zero attached hydrogens (tertiary/aromatic N) is 1. The summed E-state index contributed by atoms with van der Waals surface area (Å²) in [5, 5.41) is 13.6. The molecule has 110 valence electrons. The second kappa shape index (κ2) is 5.02. The van der Waals surface area contributed by atoms with Crippen molar-refractivity contribution in [1.82, 2.24) is 4.72 Å². The number of hydrogen-bond acceptors (Lipinski definition) is 5. The maximum Gasteiger partial charge on any atom is 0.271 e. The summed E-state index contributed by atoms with van der Waals surface area (Å²) in [5.41, 5.74) is -0.277. The van der Waals surface area contributed by atoms with Gasteiger partial charge in [-0.25, -0.2) is 13.1 Å². The third-order valence-electron chi connectivity index (χ3n) is 3.21. The van der Waals surface area contributed by atoms with Crippen LogP contribution in [0.3, 0.4) is 0 Å². The molecule has 7 nitrogen and oxygen atoms in total. The number of nitrogens with one attached hydrogen (secondary N) is 2. The largest absolute Gasteiger partial charge is 0.384 e. The number of rotatable bonds is 6. The molecule has 2 rings (SSSR count). The quantitative estimate of drug-likeness (QED) is 0.616. The van der Waals surface area contributed by atoms with E-state index in [0.29, 0.717) is 6.54 Å². The van der Waals surface area contributed by atoms with E-state index in [-0.39, 0.29) is 21.8 Å². The highest BCUT2D eigenvalue weighted by molar-refractivity contribution is 7.89. The van der Waals surface area contributed by atoms with Gasteiger partial charge in [-0.1, -0.05) is 0 Å². The molecule has 20 heavy (non-hydrogen) atoms. The summed E-state index contributed by atoms with van der Waals surface area (Å²) >= 11 is 0. The number of nitro benzene ring substituents is 1. The van der Waals surface area contributed by atoms with Crippen molar-refractivity contribution in [3.05, 3.63) is 28.3 Å². The Morgan fingerprint density at radius 2 is 2.05 bits per heavy atom. The van der Waals surface area contributed by atoms with Crippen LogP contribution >= 0.6 is 0 Å². The molecular weight excluding hydrogens is 282 g/mol. The van der Waals surface area contributed by atoms with Crippen LogP contribution < -0.4 is 10.0 Å². The van der Waals surface area contributed by atoms with E-state index in [0.717, 1.165) is 12.8 Å². The van der Waals surface area contributed by atoms with Crippen molar-refractivity contribution in [2.24, 2.45) is 0 Å². The predicted octanol–water partition coefficient (Wildman–Crippen LogP) is 1.86. The van der Waals surface area contributed by atoms with Gasteiger partial charge in [0.2, 0.25) is 10.0 Å². The maximum absolute atomic E-state index is 12.3. The molecule has 0 aliphatic heterocycles. The highest BCUT2D eigenvalue weighted by Gasteiger charge is 2.41. The van der Waals surface area contributed by atoms with Crippen molar-refractivity contribution in [3.63, 3.8) is 0 Å². The number of non-ortho nitro benzene ring substituents is 1. The predicted molar refractivity (Wildman–Crippen MR) is 75.2 cm³/mol. The molecule has 0 heterocycles. The fourth-order valence-electron chi connectivity index (χ4n) is 1.86. The Morgan fingerprint density at radius 3 is 2.55 bits per heavy atom. The van der Waals surface area contributed by atoms with Crippen molar-refractivity contribution in [2.75, 3.05) is 11.9 Å². The SMILES string of the molecule is CCNc1cc([N+](=O)[O-])ccc1S(=O)(=O)NC1(C)CC1. The van der Waals surface area contributed by atoms with E-state index in [9.17, 15) is 18.5 Å². The molecular formula is C12H17N3O4S. The molecule has 1 fully saturated rings. The minimum Gasteiger partial charge on any atom is -0.384 e. The Balaban J connectivity index is 2.41. The normalized spacial score (nSPS) is 16.7. The first-order chi connectivity index (χ1) is 9.27. The van der Waals surface area contributed by atoms with Crippen LogP contribution in [0, 0.1) is 10.1 Å². The lowest BCUT2D eigenvalue weighted by Gasteiger charge is -2.15. The third kappa shape index (κ3) is 3.07. The van der Waals surface area contributed by atoms with Crippen molar-refractivity contribution in [1.29, 1.82) is 0 Å². The first-order valence-electron chi connectivity index (χ1n) is 6.34. The molecule has 2 N–H and O–H groups in total. The van der Waals surface area contributed by atoms with Crippen LogP contribution in [0.2, 0.25) is 0 Å². The van der Waals surface area contributed by atoms with Crippen LogP contribution in [-0.2, 0) is 10.0 Å². The fraction of sp³-hybridized carbons (Fsp3) is 0.500. The lowest BCUT2D eigenvalue weighted by Crippen LogP contribution is -2.34. The first kappa shape index (κ1) is 14.7. The van der Waals surface area contributed by atoms with Gasteiger partial charge < -0.3 is 5.32 Å². The van der Waals surface area contributed by atoms with Gasteiger partial charge in [0.25, 0.3) is 5.69 Å². The standard InChI is InChI=1S/C12H17N3O4S/c1-3-13-10-8-9(15(16)17)4-5-11(10)20(18,19)14-12(2)6-7-12/h4-5,8,13-14H,3,6-7H2,1-2H3. The second-order valence-electron chi connectivity index (χ2n) is 5.13. The molecule has 0 bridgehead atoms. The average molecular weight is 299 g/mol. The molecule has 1 aromatic carbocycles. The summed E-state index contributed by atoms with van der Waals surface area (Å²) < 4.78 is 27.3. The summed E-state index contributed by atoms with van der Waals surface area (Å²) in [6.45, 7) is 4.11. The lowest BCUT2D eigenvalue weighted by atomic mass is 10.3. The molecule has 1 aromatic rings. The molecule has 8 heteroatoms. The van der Waals surface area contributed by atoms with Crippen LogP contribution in [0.1, 0.15) is 26.7 Å². The second-order valence-corrected chi connectivity index (χ2v) is 6.78. The molecule has 0 amide bonds. The van der Waals surface area contributed by atoms with Crippen molar-refractivity contribution in [2.45, 2.75) is 37.1 Å². The summed E-state index contributed by atoms with van der Waals surface area (Å²) in [4.78, 5) is 10.3. The van der Waals surface area contributed by atoms with E-state index in [1.807, 2.05) is 6.92 Å².